The van der Waals surface area contributed by atoms with Crippen molar-refractivity contribution in [1.29, 1.82) is 0 Å². The molecule has 0 radical (unpaired) electrons. The van der Waals surface area contributed by atoms with Crippen molar-refractivity contribution in [3.8, 4) is 17.0 Å². The Hall–Kier alpha value is -1.61. The summed E-state index contributed by atoms with van der Waals surface area (Å²) in [5.41, 5.74) is 5.48. The number of nitrogens with zero attached hydrogens (tertiary/aromatic N) is 2. The molecule has 0 unspecified atom stereocenters. The van der Waals surface area contributed by atoms with Gasteiger partial charge in [0, 0.05) is 5.56 Å². The molecule has 104 valence electrons. The number of aryl methyl sites for hydroxylation is 1. The summed E-state index contributed by atoms with van der Waals surface area (Å²) in [6, 6.07) is 6.16. The van der Waals surface area contributed by atoms with Gasteiger partial charge < -0.3 is 4.74 Å². The minimum absolute atomic E-state index is 0.550. The lowest BCUT2D eigenvalue weighted by Crippen LogP contribution is -2.09. The second-order valence-electron chi connectivity index (χ2n) is 5.21. The largest absolute Gasteiger partial charge is 0.496 e. The zero-order valence-corrected chi connectivity index (χ0v) is 12.5. The molecule has 1 aliphatic carbocycles. The summed E-state index contributed by atoms with van der Waals surface area (Å²) in [4.78, 5) is 0. The van der Waals surface area contributed by atoms with E-state index < -0.39 is 0 Å². The summed E-state index contributed by atoms with van der Waals surface area (Å²) in [7, 11) is 1.69. The molecule has 1 aliphatic rings. The Morgan fingerprint density at radius 3 is 2.60 bits per heavy atom. The van der Waals surface area contributed by atoms with Gasteiger partial charge in [-0.1, -0.05) is 17.7 Å². The number of methoxy groups -OCH3 is 1. The van der Waals surface area contributed by atoms with E-state index in [4.69, 9.17) is 16.3 Å². The van der Waals surface area contributed by atoms with Gasteiger partial charge in [-0.25, -0.2) is 0 Å². The highest BCUT2D eigenvalue weighted by atomic mass is 35.5. The van der Waals surface area contributed by atoms with Gasteiger partial charge in [0.25, 0.3) is 0 Å². The lowest BCUT2D eigenvalue weighted by atomic mass is 9.89. The van der Waals surface area contributed by atoms with Gasteiger partial charge in [0.05, 0.1) is 7.11 Å². The fraction of sp³-hybridized carbons (Fsp3) is 0.375. The Bertz CT molecular complexity index is 655. The van der Waals surface area contributed by atoms with Crippen LogP contribution in [0.2, 0.25) is 5.15 Å². The number of halogens is 1. The van der Waals surface area contributed by atoms with Crippen LogP contribution in [0.25, 0.3) is 11.3 Å². The predicted molar refractivity (Wildman–Crippen MR) is 80.4 cm³/mol. The Kier molecular flexibility index (Phi) is 3.62. The third-order valence-electron chi connectivity index (χ3n) is 3.85. The van der Waals surface area contributed by atoms with Crippen LogP contribution in [0.5, 0.6) is 5.75 Å². The fourth-order valence-corrected chi connectivity index (χ4v) is 3.07. The molecule has 0 spiro atoms. The molecule has 0 fully saturated rings. The molecule has 0 bridgehead atoms. The number of benzene rings is 1. The standard InChI is InChI=1S/C16H17ClN2O/c1-10-7-8-13(14(9-10)20-2)15-11-5-3-4-6-12(11)16(17)19-18-15/h7-9H,3-6H2,1-2H3. The van der Waals surface area contributed by atoms with E-state index in [1.54, 1.807) is 7.11 Å². The molecular formula is C16H17ClN2O. The second-order valence-corrected chi connectivity index (χ2v) is 5.57. The van der Waals surface area contributed by atoms with Crippen molar-refractivity contribution in [2.45, 2.75) is 32.6 Å². The molecule has 20 heavy (non-hydrogen) atoms. The monoisotopic (exact) mass is 288 g/mol. The van der Waals surface area contributed by atoms with Gasteiger partial charge in [-0.3, -0.25) is 0 Å². The van der Waals surface area contributed by atoms with Gasteiger partial charge in [0.15, 0.2) is 5.15 Å². The van der Waals surface area contributed by atoms with Crippen molar-refractivity contribution in [3.05, 3.63) is 40.0 Å². The lowest BCUT2D eigenvalue weighted by molar-refractivity contribution is 0.416. The van der Waals surface area contributed by atoms with Gasteiger partial charge in [-0.05, 0) is 61.4 Å². The smallest absolute Gasteiger partial charge is 0.155 e. The second kappa shape index (κ2) is 5.41. The average molecular weight is 289 g/mol. The van der Waals surface area contributed by atoms with E-state index in [1.165, 1.54) is 24.0 Å². The van der Waals surface area contributed by atoms with E-state index in [2.05, 4.69) is 29.3 Å². The van der Waals surface area contributed by atoms with Crippen LogP contribution in [0.1, 0.15) is 29.5 Å². The first-order valence-electron chi connectivity index (χ1n) is 6.89. The molecule has 2 aromatic rings. The summed E-state index contributed by atoms with van der Waals surface area (Å²) in [6.07, 6.45) is 4.35. The van der Waals surface area contributed by atoms with Gasteiger partial charge in [0.1, 0.15) is 11.4 Å². The number of hydrogen-bond acceptors (Lipinski definition) is 3. The van der Waals surface area contributed by atoms with E-state index in [0.29, 0.717) is 5.15 Å². The third-order valence-corrected chi connectivity index (χ3v) is 4.16. The lowest BCUT2D eigenvalue weighted by Gasteiger charge is -2.20. The quantitative estimate of drug-likeness (QED) is 0.838. The van der Waals surface area contributed by atoms with Gasteiger partial charge in [-0.2, -0.15) is 0 Å². The maximum absolute atomic E-state index is 6.20. The Morgan fingerprint density at radius 2 is 1.85 bits per heavy atom. The Balaban J connectivity index is 2.20. The minimum atomic E-state index is 0.550. The van der Waals surface area contributed by atoms with Crippen molar-refractivity contribution >= 4 is 11.6 Å². The molecule has 1 aromatic carbocycles. The van der Waals surface area contributed by atoms with E-state index in [9.17, 15) is 0 Å². The molecule has 3 rings (SSSR count). The van der Waals surface area contributed by atoms with Gasteiger partial charge in [-0.15, -0.1) is 10.2 Å². The first-order chi connectivity index (χ1) is 9.70. The molecule has 3 nitrogen and oxygen atoms in total. The number of ether oxygens (including phenoxy) is 1. The first kappa shape index (κ1) is 13.4. The van der Waals surface area contributed by atoms with Crippen molar-refractivity contribution < 1.29 is 4.74 Å². The van der Waals surface area contributed by atoms with Crippen molar-refractivity contribution in [2.24, 2.45) is 0 Å². The molecule has 0 amide bonds. The molecule has 0 aliphatic heterocycles. The average Bonchev–Trinajstić information content (AvgIpc) is 2.48. The summed E-state index contributed by atoms with van der Waals surface area (Å²) in [5.74, 6) is 0.842. The van der Waals surface area contributed by atoms with Gasteiger partial charge in [0.2, 0.25) is 0 Å². The van der Waals surface area contributed by atoms with Crippen LogP contribution >= 0.6 is 11.6 Å². The number of fused-ring (bicyclic) bond motifs is 1. The Morgan fingerprint density at radius 1 is 1.10 bits per heavy atom. The van der Waals surface area contributed by atoms with Crippen molar-refractivity contribution in [2.75, 3.05) is 7.11 Å². The van der Waals surface area contributed by atoms with Crippen molar-refractivity contribution in [3.63, 3.8) is 0 Å². The molecule has 0 saturated heterocycles. The maximum atomic E-state index is 6.20. The zero-order chi connectivity index (χ0) is 14.1. The van der Waals surface area contributed by atoms with E-state index >= 15 is 0 Å². The topological polar surface area (TPSA) is 35.0 Å². The summed E-state index contributed by atoms with van der Waals surface area (Å²) < 4.78 is 5.50. The molecular weight excluding hydrogens is 272 g/mol. The Labute approximate surface area is 123 Å². The van der Waals surface area contributed by atoms with Crippen LogP contribution in [0, 0.1) is 6.92 Å². The fourth-order valence-electron chi connectivity index (χ4n) is 2.82. The highest BCUT2D eigenvalue weighted by Crippen LogP contribution is 2.36. The highest BCUT2D eigenvalue weighted by molar-refractivity contribution is 6.30. The van der Waals surface area contributed by atoms with E-state index in [1.807, 2.05) is 6.07 Å². The summed E-state index contributed by atoms with van der Waals surface area (Å²) >= 11 is 6.20. The van der Waals surface area contributed by atoms with Crippen LogP contribution < -0.4 is 4.74 Å². The predicted octanol–water partition coefficient (Wildman–Crippen LogP) is 3.99. The highest BCUT2D eigenvalue weighted by Gasteiger charge is 2.21. The summed E-state index contributed by atoms with van der Waals surface area (Å²) in [6.45, 7) is 2.05. The molecule has 1 aromatic heterocycles. The minimum Gasteiger partial charge on any atom is -0.496 e. The molecule has 0 N–H and O–H groups in total. The molecule has 0 atom stereocenters. The maximum Gasteiger partial charge on any atom is 0.155 e. The van der Waals surface area contributed by atoms with Crippen molar-refractivity contribution in [1.82, 2.24) is 10.2 Å². The third kappa shape index (κ3) is 2.27. The van der Waals surface area contributed by atoms with E-state index in [0.717, 1.165) is 35.4 Å². The summed E-state index contributed by atoms with van der Waals surface area (Å²) in [5, 5.41) is 9.02. The molecule has 1 heterocycles. The number of aromatic nitrogens is 2. The van der Waals surface area contributed by atoms with Crippen LogP contribution in [-0.2, 0) is 12.8 Å². The van der Waals surface area contributed by atoms with Crippen LogP contribution in [0.3, 0.4) is 0 Å². The first-order valence-corrected chi connectivity index (χ1v) is 7.27. The zero-order valence-electron chi connectivity index (χ0n) is 11.7. The van der Waals surface area contributed by atoms with Crippen LogP contribution in [0.15, 0.2) is 18.2 Å². The molecule has 0 saturated carbocycles. The van der Waals surface area contributed by atoms with E-state index in [-0.39, 0.29) is 0 Å². The molecule has 4 heteroatoms. The number of rotatable bonds is 2. The number of hydrogen-bond donors (Lipinski definition) is 0. The SMILES string of the molecule is COc1cc(C)ccc1-c1nnc(Cl)c2c1CCCC2. The van der Waals surface area contributed by atoms with Crippen LogP contribution in [-0.4, -0.2) is 17.3 Å². The van der Waals surface area contributed by atoms with Crippen LogP contribution in [0.4, 0.5) is 0 Å². The van der Waals surface area contributed by atoms with Gasteiger partial charge >= 0.3 is 0 Å². The normalized spacial score (nSPS) is 13.9.